The fourth-order valence-corrected chi connectivity index (χ4v) is 3.85. The van der Waals surface area contributed by atoms with Crippen LogP contribution in [0, 0.1) is 0 Å². The monoisotopic (exact) mass is 422 g/mol. The summed E-state index contributed by atoms with van der Waals surface area (Å²) in [5, 5.41) is 12.2. The molecule has 0 fully saturated rings. The van der Waals surface area contributed by atoms with Gasteiger partial charge in [-0.25, -0.2) is 0 Å². The summed E-state index contributed by atoms with van der Waals surface area (Å²) in [6.45, 7) is 4.65. The molecule has 1 N–H and O–H groups in total. The highest BCUT2D eigenvalue weighted by molar-refractivity contribution is 7.99. The minimum atomic E-state index is -0.0970. The van der Waals surface area contributed by atoms with Gasteiger partial charge in [0.25, 0.3) is 0 Å². The molecule has 3 aromatic heterocycles. The molecule has 30 heavy (non-hydrogen) atoms. The summed E-state index contributed by atoms with van der Waals surface area (Å²) in [5.41, 5.74) is 1.95. The van der Waals surface area contributed by atoms with Crippen molar-refractivity contribution in [2.45, 2.75) is 31.5 Å². The lowest BCUT2D eigenvalue weighted by molar-refractivity contribution is -0.113. The number of nitrogens with one attached hydrogen (secondary N) is 1. The van der Waals surface area contributed by atoms with Crippen molar-refractivity contribution in [3.63, 3.8) is 0 Å². The molecule has 0 unspecified atom stereocenters. The van der Waals surface area contributed by atoms with Crippen molar-refractivity contribution in [1.82, 2.24) is 14.8 Å². The van der Waals surface area contributed by atoms with Gasteiger partial charge in [-0.2, -0.15) is 0 Å². The number of benzene rings is 1. The Kier molecular flexibility index (Phi) is 6.04. The molecule has 0 aliphatic carbocycles. The number of carbonyl (C=O) groups excluding carboxylic acids is 1. The van der Waals surface area contributed by atoms with E-state index in [0.717, 1.165) is 17.0 Å². The molecule has 0 aliphatic heterocycles. The summed E-state index contributed by atoms with van der Waals surface area (Å²) < 4.78 is 12.9. The van der Waals surface area contributed by atoms with Gasteiger partial charge in [0.05, 0.1) is 24.8 Å². The standard InChI is InChI=1S/C22H22N4O3S/c1-15(2)17-8-3-4-9-18(17)23-20(27)14-30-22-25-24-21(19-10-6-12-29-19)26(22)13-16-7-5-11-28-16/h3-12,15H,13-14H2,1-2H3,(H,23,27). The van der Waals surface area contributed by atoms with Crippen LogP contribution in [0.15, 0.2) is 75.0 Å². The van der Waals surface area contributed by atoms with Crippen LogP contribution in [0.4, 0.5) is 5.69 Å². The number of amides is 1. The highest BCUT2D eigenvalue weighted by Crippen LogP contribution is 2.27. The molecule has 0 bridgehead atoms. The highest BCUT2D eigenvalue weighted by Gasteiger charge is 2.19. The molecular formula is C22H22N4O3S. The third-order valence-corrected chi connectivity index (χ3v) is 5.51. The van der Waals surface area contributed by atoms with Crippen LogP contribution in [-0.4, -0.2) is 26.4 Å². The van der Waals surface area contributed by atoms with Gasteiger partial charge < -0.3 is 14.2 Å². The topological polar surface area (TPSA) is 86.1 Å². The van der Waals surface area contributed by atoms with Crippen molar-refractivity contribution in [1.29, 1.82) is 0 Å². The fraction of sp³-hybridized carbons (Fsp3) is 0.227. The first-order valence-electron chi connectivity index (χ1n) is 9.63. The molecule has 7 nitrogen and oxygen atoms in total. The molecule has 4 rings (SSSR count). The van der Waals surface area contributed by atoms with Crippen LogP contribution in [0.5, 0.6) is 0 Å². The normalized spacial score (nSPS) is 11.2. The summed E-state index contributed by atoms with van der Waals surface area (Å²) in [7, 11) is 0. The quantitative estimate of drug-likeness (QED) is 0.401. The Morgan fingerprint density at radius 2 is 1.87 bits per heavy atom. The summed E-state index contributed by atoms with van der Waals surface area (Å²) >= 11 is 1.32. The third kappa shape index (κ3) is 4.49. The maximum atomic E-state index is 12.6. The van der Waals surface area contributed by atoms with Crippen molar-refractivity contribution >= 4 is 23.4 Å². The molecule has 0 saturated heterocycles. The molecule has 0 aliphatic rings. The molecule has 0 saturated carbocycles. The maximum Gasteiger partial charge on any atom is 0.234 e. The van der Waals surface area contributed by atoms with E-state index in [1.807, 2.05) is 47.0 Å². The van der Waals surface area contributed by atoms with Gasteiger partial charge in [0.15, 0.2) is 10.9 Å². The first-order valence-corrected chi connectivity index (χ1v) is 10.6. The molecule has 3 heterocycles. The second kappa shape index (κ2) is 9.04. The van der Waals surface area contributed by atoms with E-state index in [2.05, 4.69) is 29.4 Å². The Balaban J connectivity index is 1.50. The number of para-hydroxylation sites is 1. The predicted molar refractivity (Wildman–Crippen MR) is 115 cm³/mol. The van der Waals surface area contributed by atoms with Crippen LogP contribution in [0.1, 0.15) is 31.1 Å². The zero-order chi connectivity index (χ0) is 20.9. The smallest absolute Gasteiger partial charge is 0.234 e. The Morgan fingerprint density at radius 3 is 2.60 bits per heavy atom. The molecule has 0 spiro atoms. The highest BCUT2D eigenvalue weighted by atomic mass is 32.2. The molecule has 154 valence electrons. The Hall–Kier alpha value is -3.26. The first kappa shape index (κ1) is 20.0. The van der Waals surface area contributed by atoms with Gasteiger partial charge in [-0.15, -0.1) is 10.2 Å². The number of anilines is 1. The van der Waals surface area contributed by atoms with Gasteiger partial charge in [0.1, 0.15) is 5.76 Å². The van der Waals surface area contributed by atoms with Gasteiger partial charge >= 0.3 is 0 Å². The Morgan fingerprint density at radius 1 is 1.07 bits per heavy atom. The summed E-state index contributed by atoms with van der Waals surface area (Å²) in [4.78, 5) is 12.6. The Bertz CT molecular complexity index is 1100. The van der Waals surface area contributed by atoms with Gasteiger partial charge in [-0.3, -0.25) is 9.36 Å². The molecule has 4 aromatic rings. The van der Waals surface area contributed by atoms with E-state index < -0.39 is 0 Å². The number of nitrogens with zero attached hydrogens (tertiary/aromatic N) is 3. The zero-order valence-corrected chi connectivity index (χ0v) is 17.6. The Labute approximate surface area is 178 Å². The van der Waals surface area contributed by atoms with Gasteiger partial charge in [0, 0.05) is 5.69 Å². The summed E-state index contributed by atoms with van der Waals surface area (Å²) in [6.07, 6.45) is 3.21. The van der Waals surface area contributed by atoms with Crippen LogP contribution in [0.2, 0.25) is 0 Å². The average molecular weight is 423 g/mol. The van der Waals surface area contributed by atoms with E-state index in [1.165, 1.54) is 11.8 Å². The SMILES string of the molecule is CC(C)c1ccccc1NC(=O)CSc1nnc(-c2ccco2)n1Cc1ccco1. The van der Waals surface area contributed by atoms with Crippen LogP contribution in [0.3, 0.4) is 0 Å². The lowest BCUT2D eigenvalue weighted by atomic mass is 10.0. The van der Waals surface area contributed by atoms with Gasteiger partial charge in [-0.05, 0) is 41.8 Å². The van der Waals surface area contributed by atoms with E-state index >= 15 is 0 Å². The van der Waals surface area contributed by atoms with Crippen molar-refractivity contribution in [3.8, 4) is 11.6 Å². The van der Waals surface area contributed by atoms with Crippen molar-refractivity contribution < 1.29 is 13.6 Å². The van der Waals surface area contributed by atoms with Crippen LogP contribution in [0.25, 0.3) is 11.6 Å². The zero-order valence-electron chi connectivity index (χ0n) is 16.7. The van der Waals surface area contributed by atoms with Gasteiger partial charge in [0.2, 0.25) is 11.7 Å². The lowest BCUT2D eigenvalue weighted by Gasteiger charge is -2.13. The summed E-state index contributed by atoms with van der Waals surface area (Å²) in [5.74, 6) is 2.39. The number of hydrogen-bond acceptors (Lipinski definition) is 6. The second-order valence-corrected chi connectivity index (χ2v) is 7.97. The number of hydrogen-bond donors (Lipinski definition) is 1. The second-order valence-electron chi connectivity index (χ2n) is 7.03. The predicted octanol–water partition coefficient (Wildman–Crippen LogP) is 5.03. The number of furan rings is 2. The van der Waals surface area contributed by atoms with Crippen LogP contribution >= 0.6 is 11.8 Å². The van der Waals surface area contributed by atoms with Crippen molar-refractivity contribution in [2.75, 3.05) is 11.1 Å². The molecular weight excluding hydrogens is 400 g/mol. The summed E-state index contributed by atoms with van der Waals surface area (Å²) in [6, 6.07) is 15.2. The number of rotatable bonds is 8. The van der Waals surface area contributed by atoms with Crippen molar-refractivity contribution in [2.24, 2.45) is 0 Å². The van der Waals surface area contributed by atoms with E-state index in [1.54, 1.807) is 18.6 Å². The minimum Gasteiger partial charge on any atom is -0.467 e. The molecule has 0 atom stereocenters. The number of thioether (sulfide) groups is 1. The molecule has 0 radical (unpaired) electrons. The fourth-order valence-electron chi connectivity index (χ4n) is 3.12. The molecule has 1 aromatic carbocycles. The first-order chi connectivity index (χ1) is 14.6. The number of aromatic nitrogens is 3. The molecule has 1 amide bonds. The van der Waals surface area contributed by atoms with E-state index in [0.29, 0.717) is 29.2 Å². The van der Waals surface area contributed by atoms with E-state index in [9.17, 15) is 4.79 Å². The van der Waals surface area contributed by atoms with E-state index in [4.69, 9.17) is 8.83 Å². The average Bonchev–Trinajstić information content (AvgIpc) is 3.49. The molecule has 8 heteroatoms. The van der Waals surface area contributed by atoms with Gasteiger partial charge in [-0.1, -0.05) is 43.8 Å². The number of carbonyl (C=O) groups is 1. The minimum absolute atomic E-state index is 0.0970. The third-order valence-electron chi connectivity index (χ3n) is 4.54. The van der Waals surface area contributed by atoms with Crippen molar-refractivity contribution in [3.05, 3.63) is 72.4 Å². The van der Waals surface area contributed by atoms with Crippen LogP contribution in [-0.2, 0) is 11.3 Å². The maximum absolute atomic E-state index is 12.6. The largest absolute Gasteiger partial charge is 0.467 e. The lowest BCUT2D eigenvalue weighted by Crippen LogP contribution is -2.16. The van der Waals surface area contributed by atoms with E-state index in [-0.39, 0.29) is 11.7 Å². The van der Waals surface area contributed by atoms with Crippen LogP contribution < -0.4 is 5.32 Å².